The number of carbonyl (C=O) groups is 2. The van der Waals surface area contributed by atoms with Gasteiger partial charge in [0.1, 0.15) is 6.10 Å². The molecule has 0 aromatic rings. The molecule has 7 heteroatoms. The molecule has 5 fully saturated rings. The molecule has 0 N–H and O–H groups in total. The van der Waals surface area contributed by atoms with E-state index in [4.69, 9.17) is 14.2 Å². The molecule has 0 radical (unpaired) electrons. The number of hydrogen-bond donors (Lipinski definition) is 0. The SMILES string of the molecule is CCC(F)(F)C(=O)OC1C2CC3CC1CC(C(=O)OCOC1CCCCC1)(C3)C2. The number of esters is 2. The van der Waals surface area contributed by atoms with Gasteiger partial charge in [0, 0.05) is 6.42 Å². The van der Waals surface area contributed by atoms with Crippen molar-refractivity contribution in [3.63, 3.8) is 0 Å². The molecule has 0 amide bonds. The first-order valence-electron chi connectivity index (χ1n) is 11.2. The van der Waals surface area contributed by atoms with E-state index >= 15 is 0 Å². The van der Waals surface area contributed by atoms with Crippen molar-refractivity contribution in [3.8, 4) is 0 Å². The number of rotatable bonds is 7. The molecule has 5 aliphatic rings. The van der Waals surface area contributed by atoms with E-state index in [0.717, 1.165) is 44.9 Å². The van der Waals surface area contributed by atoms with Gasteiger partial charge < -0.3 is 14.2 Å². The Bertz CT molecular complexity index is 615. The van der Waals surface area contributed by atoms with Gasteiger partial charge in [-0.15, -0.1) is 0 Å². The van der Waals surface area contributed by atoms with Gasteiger partial charge >= 0.3 is 17.9 Å². The summed E-state index contributed by atoms with van der Waals surface area (Å²) in [5.41, 5.74) is -0.567. The summed E-state index contributed by atoms with van der Waals surface area (Å²) in [5.74, 6) is -4.79. The molecule has 0 aromatic carbocycles. The number of carbonyl (C=O) groups excluding carboxylic acids is 2. The van der Waals surface area contributed by atoms with Crippen LogP contribution in [0.15, 0.2) is 0 Å². The van der Waals surface area contributed by atoms with Crippen LogP contribution in [-0.2, 0) is 23.8 Å². The minimum atomic E-state index is -3.44. The quantitative estimate of drug-likeness (QED) is 0.449. The van der Waals surface area contributed by atoms with Crippen molar-refractivity contribution < 1.29 is 32.6 Å². The maximum atomic E-state index is 13.7. The van der Waals surface area contributed by atoms with Gasteiger partial charge in [-0.3, -0.25) is 4.79 Å². The van der Waals surface area contributed by atoms with Crippen LogP contribution < -0.4 is 0 Å². The fraction of sp³-hybridized carbons (Fsp3) is 0.909. The van der Waals surface area contributed by atoms with Crippen molar-refractivity contribution in [3.05, 3.63) is 0 Å². The average molecular weight is 414 g/mol. The second kappa shape index (κ2) is 8.12. The first kappa shape index (κ1) is 21.0. The Balaban J connectivity index is 1.34. The summed E-state index contributed by atoms with van der Waals surface area (Å²) in [4.78, 5) is 24.9. The molecule has 29 heavy (non-hydrogen) atoms. The van der Waals surface area contributed by atoms with E-state index in [-0.39, 0.29) is 30.7 Å². The van der Waals surface area contributed by atoms with E-state index < -0.39 is 29.8 Å². The maximum Gasteiger partial charge on any atom is 0.377 e. The van der Waals surface area contributed by atoms with Crippen LogP contribution in [0.25, 0.3) is 0 Å². The van der Waals surface area contributed by atoms with Crippen molar-refractivity contribution in [1.29, 1.82) is 0 Å². The molecule has 2 atom stereocenters. The van der Waals surface area contributed by atoms with Gasteiger partial charge in [0.25, 0.3) is 0 Å². The van der Waals surface area contributed by atoms with Crippen LogP contribution in [0.1, 0.15) is 77.6 Å². The third-order valence-corrected chi connectivity index (χ3v) is 7.65. The highest BCUT2D eigenvalue weighted by Crippen LogP contribution is 2.61. The molecule has 0 aromatic heterocycles. The number of hydrogen-bond acceptors (Lipinski definition) is 5. The molecule has 5 rings (SSSR count). The number of halogens is 2. The maximum absolute atomic E-state index is 13.7. The van der Waals surface area contributed by atoms with E-state index in [1.54, 1.807) is 0 Å². The average Bonchev–Trinajstić information content (AvgIpc) is 2.70. The summed E-state index contributed by atoms with van der Waals surface area (Å²) in [7, 11) is 0. The minimum Gasteiger partial charge on any atom is -0.457 e. The molecule has 0 heterocycles. The lowest BCUT2D eigenvalue weighted by molar-refractivity contribution is -0.213. The first-order chi connectivity index (χ1) is 13.8. The van der Waals surface area contributed by atoms with Crippen LogP contribution in [0.5, 0.6) is 0 Å². The zero-order valence-electron chi connectivity index (χ0n) is 17.2. The van der Waals surface area contributed by atoms with E-state index in [0.29, 0.717) is 18.8 Å². The van der Waals surface area contributed by atoms with Crippen LogP contribution in [0.2, 0.25) is 0 Å². The Morgan fingerprint density at radius 1 is 1.03 bits per heavy atom. The Morgan fingerprint density at radius 2 is 1.69 bits per heavy atom. The molecule has 164 valence electrons. The lowest BCUT2D eigenvalue weighted by Crippen LogP contribution is -2.58. The van der Waals surface area contributed by atoms with Gasteiger partial charge in [0.2, 0.25) is 0 Å². The van der Waals surface area contributed by atoms with Crippen LogP contribution in [0, 0.1) is 23.2 Å². The molecular formula is C22H32F2O5. The van der Waals surface area contributed by atoms with Crippen LogP contribution in [0.3, 0.4) is 0 Å². The van der Waals surface area contributed by atoms with Crippen LogP contribution >= 0.6 is 0 Å². The first-order valence-corrected chi connectivity index (χ1v) is 11.2. The van der Waals surface area contributed by atoms with E-state index in [2.05, 4.69) is 0 Å². The van der Waals surface area contributed by atoms with Gasteiger partial charge in [-0.1, -0.05) is 26.2 Å². The number of alkyl halides is 2. The largest absolute Gasteiger partial charge is 0.457 e. The van der Waals surface area contributed by atoms with E-state index in [9.17, 15) is 18.4 Å². The van der Waals surface area contributed by atoms with Gasteiger partial charge in [-0.05, 0) is 62.7 Å². The van der Waals surface area contributed by atoms with Crippen molar-refractivity contribution in [1.82, 2.24) is 0 Å². The second-order valence-electron chi connectivity index (χ2n) is 9.65. The van der Waals surface area contributed by atoms with Gasteiger partial charge in [0.05, 0.1) is 11.5 Å². The highest BCUT2D eigenvalue weighted by atomic mass is 19.3. The summed E-state index contributed by atoms with van der Waals surface area (Å²) in [6.07, 6.45) is 8.26. The highest BCUT2D eigenvalue weighted by molar-refractivity contribution is 5.79. The summed E-state index contributed by atoms with van der Waals surface area (Å²) < 4.78 is 44.0. The van der Waals surface area contributed by atoms with Crippen molar-refractivity contribution in [2.75, 3.05) is 6.79 Å². The normalized spacial score (nSPS) is 36.8. The predicted octanol–water partition coefficient (Wildman–Crippen LogP) is 4.62. The Labute approximate surface area is 170 Å². The lowest BCUT2D eigenvalue weighted by atomic mass is 9.48. The second-order valence-corrected chi connectivity index (χ2v) is 9.65. The monoisotopic (exact) mass is 414 g/mol. The third kappa shape index (κ3) is 4.17. The van der Waals surface area contributed by atoms with E-state index in [1.165, 1.54) is 13.3 Å². The smallest absolute Gasteiger partial charge is 0.377 e. The Kier molecular flexibility index (Phi) is 5.88. The third-order valence-electron chi connectivity index (χ3n) is 7.65. The molecule has 0 spiro atoms. The topological polar surface area (TPSA) is 61.8 Å². The molecule has 5 aliphatic carbocycles. The van der Waals surface area contributed by atoms with E-state index in [1.807, 2.05) is 0 Å². The summed E-state index contributed by atoms with van der Waals surface area (Å²) in [6, 6.07) is 0. The summed E-state index contributed by atoms with van der Waals surface area (Å²) in [6.45, 7) is 1.27. The Hall–Kier alpha value is -1.24. The minimum absolute atomic E-state index is 0.00755. The highest BCUT2D eigenvalue weighted by Gasteiger charge is 2.61. The van der Waals surface area contributed by atoms with Gasteiger partial charge in [0.15, 0.2) is 6.79 Å². The van der Waals surface area contributed by atoms with Gasteiger partial charge in [-0.25, -0.2) is 4.79 Å². The predicted molar refractivity (Wildman–Crippen MR) is 100 cm³/mol. The van der Waals surface area contributed by atoms with Crippen molar-refractivity contribution >= 4 is 11.9 Å². The molecule has 4 bridgehead atoms. The van der Waals surface area contributed by atoms with Crippen LogP contribution in [0.4, 0.5) is 8.78 Å². The molecular weight excluding hydrogens is 382 g/mol. The zero-order valence-corrected chi connectivity index (χ0v) is 17.2. The number of ether oxygens (including phenoxy) is 3. The molecule has 0 saturated heterocycles. The fourth-order valence-electron chi connectivity index (χ4n) is 6.34. The van der Waals surface area contributed by atoms with Gasteiger partial charge in [-0.2, -0.15) is 8.78 Å². The summed E-state index contributed by atoms with van der Waals surface area (Å²) in [5, 5.41) is 0. The van der Waals surface area contributed by atoms with Crippen LogP contribution in [-0.4, -0.2) is 36.9 Å². The molecule has 0 aliphatic heterocycles. The molecule has 2 unspecified atom stereocenters. The molecule has 5 saturated carbocycles. The fourth-order valence-corrected chi connectivity index (χ4v) is 6.34. The molecule has 5 nitrogen and oxygen atoms in total. The standard InChI is InChI=1S/C22H32F2O5/c1-2-22(23,24)20(26)29-18-15-8-14-9-16(18)12-21(10-14,11-15)19(25)28-13-27-17-6-4-3-5-7-17/h14-18H,2-13H2,1H3. The lowest BCUT2D eigenvalue weighted by Gasteiger charge is -2.57. The summed E-state index contributed by atoms with van der Waals surface area (Å²) >= 11 is 0. The van der Waals surface area contributed by atoms with Crippen molar-refractivity contribution in [2.24, 2.45) is 23.2 Å². The van der Waals surface area contributed by atoms with Crippen molar-refractivity contribution in [2.45, 2.75) is 95.7 Å². The zero-order chi connectivity index (χ0) is 20.6. The Morgan fingerprint density at radius 3 is 2.31 bits per heavy atom.